The Morgan fingerprint density at radius 1 is 1.14 bits per heavy atom. The van der Waals surface area contributed by atoms with E-state index in [0.29, 0.717) is 45.4 Å². The van der Waals surface area contributed by atoms with E-state index in [1.54, 1.807) is 19.3 Å². The molecular formula is C21H20BrNO4S2. The van der Waals surface area contributed by atoms with Crippen LogP contribution in [0.3, 0.4) is 0 Å². The van der Waals surface area contributed by atoms with Gasteiger partial charge in [-0.3, -0.25) is 9.69 Å². The maximum absolute atomic E-state index is 13.1. The zero-order valence-electron chi connectivity index (χ0n) is 16.2. The number of ether oxygens (including phenoxy) is 3. The van der Waals surface area contributed by atoms with Crippen LogP contribution in [0.25, 0.3) is 6.08 Å². The fraction of sp³-hybridized carbons (Fsp3) is 0.238. The molecule has 0 spiro atoms. The van der Waals surface area contributed by atoms with Gasteiger partial charge in [0.1, 0.15) is 5.75 Å². The van der Waals surface area contributed by atoms with Crippen molar-refractivity contribution in [1.29, 1.82) is 0 Å². The summed E-state index contributed by atoms with van der Waals surface area (Å²) in [5, 5.41) is 0. The van der Waals surface area contributed by atoms with Gasteiger partial charge in [-0.1, -0.05) is 36.1 Å². The Morgan fingerprint density at radius 3 is 2.55 bits per heavy atom. The van der Waals surface area contributed by atoms with Gasteiger partial charge in [-0.05, 0) is 65.7 Å². The highest BCUT2D eigenvalue weighted by atomic mass is 79.9. The summed E-state index contributed by atoms with van der Waals surface area (Å²) in [6, 6.07) is 11.1. The van der Waals surface area contributed by atoms with Gasteiger partial charge in [0.2, 0.25) is 0 Å². The van der Waals surface area contributed by atoms with Crippen molar-refractivity contribution in [2.24, 2.45) is 0 Å². The molecule has 152 valence electrons. The molecule has 8 heteroatoms. The van der Waals surface area contributed by atoms with E-state index in [4.69, 9.17) is 26.4 Å². The van der Waals surface area contributed by atoms with Crippen molar-refractivity contribution in [1.82, 2.24) is 0 Å². The summed E-state index contributed by atoms with van der Waals surface area (Å²) >= 11 is 10.3. The van der Waals surface area contributed by atoms with Gasteiger partial charge in [0.25, 0.3) is 5.91 Å². The lowest BCUT2D eigenvalue weighted by molar-refractivity contribution is -0.113. The van der Waals surface area contributed by atoms with E-state index >= 15 is 0 Å². The van der Waals surface area contributed by atoms with E-state index in [1.165, 1.54) is 16.7 Å². The highest BCUT2D eigenvalue weighted by Crippen LogP contribution is 2.41. The molecule has 0 aliphatic carbocycles. The topological polar surface area (TPSA) is 48.0 Å². The van der Waals surface area contributed by atoms with Crippen LogP contribution in [0.15, 0.2) is 45.8 Å². The van der Waals surface area contributed by atoms with Crippen LogP contribution in [0.2, 0.25) is 0 Å². The van der Waals surface area contributed by atoms with Crippen molar-refractivity contribution in [2.75, 3.05) is 25.2 Å². The van der Waals surface area contributed by atoms with Crippen LogP contribution in [-0.2, 0) is 4.79 Å². The van der Waals surface area contributed by atoms with Crippen molar-refractivity contribution in [2.45, 2.75) is 13.8 Å². The van der Waals surface area contributed by atoms with Crippen molar-refractivity contribution in [3.63, 3.8) is 0 Å². The number of amides is 1. The molecule has 1 heterocycles. The maximum atomic E-state index is 13.1. The Labute approximate surface area is 188 Å². The van der Waals surface area contributed by atoms with Crippen LogP contribution in [0.4, 0.5) is 5.69 Å². The molecule has 1 aliphatic rings. The van der Waals surface area contributed by atoms with Crippen molar-refractivity contribution in [3.05, 3.63) is 51.3 Å². The minimum absolute atomic E-state index is 0.188. The fourth-order valence-corrected chi connectivity index (χ4v) is 4.72. The first-order valence-corrected chi connectivity index (χ1v) is 11.0. The predicted octanol–water partition coefficient (Wildman–Crippen LogP) is 5.66. The first-order valence-electron chi connectivity index (χ1n) is 9.00. The molecule has 2 aromatic rings. The number of hydrogen-bond acceptors (Lipinski definition) is 6. The third kappa shape index (κ3) is 4.60. The molecule has 5 nitrogen and oxygen atoms in total. The summed E-state index contributed by atoms with van der Waals surface area (Å²) < 4.78 is 18.0. The third-order valence-electron chi connectivity index (χ3n) is 4.04. The number of anilines is 1. The lowest BCUT2D eigenvalue weighted by Crippen LogP contribution is -2.27. The summed E-state index contributed by atoms with van der Waals surface area (Å²) in [7, 11) is 1.57. The van der Waals surface area contributed by atoms with E-state index in [9.17, 15) is 4.79 Å². The molecule has 0 atom stereocenters. The maximum Gasteiger partial charge on any atom is 0.270 e. The number of methoxy groups -OCH3 is 1. The quantitative estimate of drug-likeness (QED) is 0.366. The van der Waals surface area contributed by atoms with E-state index < -0.39 is 0 Å². The number of carbonyl (C=O) groups excluding carboxylic acids is 1. The lowest BCUT2D eigenvalue weighted by Gasteiger charge is -2.17. The zero-order valence-corrected chi connectivity index (χ0v) is 19.4. The number of thioether (sulfide) groups is 1. The molecule has 0 bridgehead atoms. The molecule has 0 N–H and O–H groups in total. The Morgan fingerprint density at radius 2 is 1.86 bits per heavy atom. The number of hydrogen-bond donors (Lipinski definition) is 0. The highest BCUT2D eigenvalue weighted by molar-refractivity contribution is 9.10. The zero-order chi connectivity index (χ0) is 21.0. The van der Waals surface area contributed by atoms with E-state index in [-0.39, 0.29) is 5.91 Å². The predicted molar refractivity (Wildman–Crippen MR) is 125 cm³/mol. The molecule has 0 unspecified atom stereocenters. The smallest absolute Gasteiger partial charge is 0.270 e. The summed E-state index contributed by atoms with van der Waals surface area (Å²) in [5.41, 5.74) is 1.44. The van der Waals surface area contributed by atoms with Gasteiger partial charge in [0.05, 0.1) is 35.4 Å². The van der Waals surface area contributed by atoms with Crippen LogP contribution in [-0.4, -0.2) is 30.6 Å². The number of para-hydroxylation sites is 2. The summed E-state index contributed by atoms with van der Waals surface area (Å²) in [6.45, 7) is 4.86. The average Bonchev–Trinajstić information content (AvgIpc) is 2.97. The normalized spacial score (nSPS) is 15.2. The molecule has 2 aromatic carbocycles. The second-order valence-electron chi connectivity index (χ2n) is 5.88. The van der Waals surface area contributed by atoms with Crippen LogP contribution in [0, 0.1) is 0 Å². The van der Waals surface area contributed by atoms with Crippen molar-refractivity contribution >= 4 is 61.9 Å². The number of benzene rings is 2. The Bertz CT molecular complexity index is 977. The molecule has 0 radical (unpaired) electrons. The summed E-state index contributed by atoms with van der Waals surface area (Å²) in [6.07, 6.45) is 1.80. The number of carbonyl (C=O) groups is 1. The van der Waals surface area contributed by atoms with Crippen LogP contribution in [0.5, 0.6) is 17.2 Å². The molecule has 1 saturated heterocycles. The Kier molecular flexibility index (Phi) is 7.21. The van der Waals surface area contributed by atoms with E-state index in [0.717, 1.165) is 10.0 Å². The van der Waals surface area contributed by atoms with Gasteiger partial charge < -0.3 is 14.2 Å². The summed E-state index contributed by atoms with van der Waals surface area (Å²) in [4.78, 5) is 15.1. The van der Waals surface area contributed by atoms with Gasteiger partial charge >= 0.3 is 0 Å². The van der Waals surface area contributed by atoms with Crippen LogP contribution >= 0.6 is 39.9 Å². The number of thiocarbonyl (C=S) groups is 1. The Balaban J connectivity index is 1.97. The van der Waals surface area contributed by atoms with E-state index in [1.807, 2.05) is 44.2 Å². The molecular weight excluding hydrogens is 474 g/mol. The largest absolute Gasteiger partial charge is 0.495 e. The molecule has 0 aromatic heterocycles. The number of halogens is 1. The second-order valence-corrected chi connectivity index (χ2v) is 8.42. The highest BCUT2D eigenvalue weighted by Gasteiger charge is 2.34. The molecule has 29 heavy (non-hydrogen) atoms. The number of rotatable bonds is 7. The van der Waals surface area contributed by atoms with Crippen LogP contribution in [0.1, 0.15) is 19.4 Å². The van der Waals surface area contributed by atoms with Gasteiger partial charge in [0, 0.05) is 0 Å². The number of nitrogens with zero attached hydrogens (tertiary/aromatic N) is 1. The van der Waals surface area contributed by atoms with Gasteiger partial charge in [-0.2, -0.15) is 0 Å². The average molecular weight is 494 g/mol. The second kappa shape index (κ2) is 9.65. The monoisotopic (exact) mass is 493 g/mol. The van der Waals surface area contributed by atoms with Crippen molar-refractivity contribution in [3.8, 4) is 17.2 Å². The Hall–Kier alpha value is -2.03. The molecule has 1 fully saturated rings. The molecule has 3 rings (SSSR count). The first-order chi connectivity index (χ1) is 14.0. The minimum Gasteiger partial charge on any atom is -0.495 e. The SMILES string of the molecule is CCOc1cc(/C=C2/SC(=S)N(c3ccccc3OC)C2=O)cc(Br)c1OCC. The summed E-state index contributed by atoms with van der Waals surface area (Å²) in [5.74, 6) is 1.67. The van der Waals surface area contributed by atoms with Gasteiger partial charge in [-0.15, -0.1) is 0 Å². The van der Waals surface area contributed by atoms with E-state index in [2.05, 4.69) is 15.9 Å². The first kappa shape index (κ1) is 21.7. The third-order valence-corrected chi connectivity index (χ3v) is 5.93. The fourth-order valence-electron chi connectivity index (χ4n) is 2.86. The van der Waals surface area contributed by atoms with Gasteiger partial charge in [-0.25, -0.2) is 0 Å². The van der Waals surface area contributed by atoms with Crippen LogP contribution < -0.4 is 19.1 Å². The lowest BCUT2D eigenvalue weighted by atomic mass is 10.1. The molecule has 0 saturated carbocycles. The van der Waals surface area contributed by atoms with Crippen molar-refractivity contribution < 1.29 is 19.0 Å². The molecule has 1 aliphatic heterocycles. The molecule has 1 amide bonds. The van der Waals surface area contributed by atoms with Gasteiger partial charge in [0.15, 0.2) is 15.8 Å². The standard InChI is InChI=1S/C21H20BrNO4S2/c1-4-26-17-11-13(10-14(22)19(17)27-5-2)12-18-20(24)23(21(28)29-18)15-8-6-7-9-16(15)25-3/h6-12H,4-5H2,1-3H3/b18-12+. The minimum atomic E-state index is -0.188.